The monoisotopic (exact) mass is 269 g/mol. The second kappa shape index (κ2) is 6.75. The van der Waals surface area contributed by atoms with E-state index in [9.17, 15) is 9.90 Å². The molecule has 0 radical (unpaired) electrons. The van der Waals surface area contributed by atoms with Crippen molar-refractivity contribution in [2.24, 2.45) is 0 Å². The van der Waals surface area contributed by atoms with Gasteiger partial charge >= 0.3 is 0 Å². The smallest absolute Gasteiger partial charge is 0.220 e. The van der Waals surface area contributed by atoms with Gasteiger partial charge in [0.1, 0.15) is 5.75 Å². The van der Waals surface area contributed by atoms with E-state index < -0.39 is 0 Å². The summed E-state index contributed by atoms with van der Waals surface area (Å²) in [4.78, 5) is 11.8. The van der Waals surface area contributed by atoms with Crippen LogP contribution in [0.5, 0.6) is 5.75 Å². The summed E-state index contributed by atoms with van der Waals surface area (Å²) in [7, 11) is 0. The number of rotatable bonds is 5. The van der Waals surface area contributed by atoms with Crippen LogP contribution in [-0.2, 0) is 17.8 Å². The van der Waals surface area contributed by atoms with Gasteiger partial charge in [0.05, 0.1) is 0 Å². The first-order valence-electron chi connectivity index (χ1n) is 6.74. The summed E-state index contributed by atoms with van der Waals surface area (Å²) in [5, 5.41) is 12.1. The van der Waals surface area contributed by atoms with Crippen LogP contribution in [0.3, 0.4) is 0 Å². The Labute approximate surface area is 119 Å². The highest BCUT2D eigenvalue weighted by atomic mass is 16.3. The lowest BCUT2D eigenvalue weighted by Crippen LogP contribution is -2.23. The minimum Gasteiger partial charge on any atom is -0.508 e. The molecule has 20 heavy (non-hydrogen) atoms. The van der Waals surface area contributed by atoms with Crippen molar-refractivity contribution in [2.75, 3.05) is 0 Å². The number of nitrogens with one attached hydrogen (secondary N) is 1. The van der Waals surface area contributed by atoms with Gasteiger partial charge < -0.3 is 10.4 Å². The average Bonchev–Trinajstić information content (AvgIpc) is 2.46. The van der Waals surface area contributed by atoms with E-state index in [0.717, 1.165) is 12.0 Å². The van der Waals surface area contributed by atoms with Crippen LogP contribution in [0, 0.1) is 6.92 Å². The van der Waals surface area contributed by atoms with Gasteiger partial charge in [-0.05, 0) is 42.2 Å². The number of amides is 1. The van der Waals surface area contributed by atoms with Crippen molar-refractivity contribution in [1.29, 1.82) is 0 Å². The number of aryl methyl sites for hydroxylation is 2. The number of carbonyl (C=O) groups is 1. The summed E-state index contributed by atoms with van der Waals surface area (Å²) in [5.41, 5.74) is 3.41. The summed E-state index contributed by atoms with van der Waals surface area (Å²) in [6, 6.07) is 15.0. The number of phenolic OH excluding ortho intramolecular Hbond substituents is 1. The first kappa shape index (κ1) is 14.1. The molecule has 0 spiro atoms. The Kier molecular flexibility index (Phi) is 4.77. The number of carbonyl (C=O) groups excluding carboxylic acids is 1. The molecule has 0 fully saturated rings. The Morgan fingerprint density at radius 3 is 2.50 bits per heavy atom. The number of phenols is 1. The normalized spacial score (nSPS) is 10.2. The van der Waals surface area contributed by atoms with Crippen LogP contribution in [0.4, 0.5) is 0 Å². The van der Waals surface area contributed by atoms with E-state index in [1.165, 1.54) is 11.1 Å². The Morgan fingerprint density at radius 2 is 1.80 bits per heavy atom. The van der Waals surface area contributed by atoms with Crippen molar-refractivity contribution in [3.05, 3.63) is 65.2 Å². The average molecular weight is 269 g/mol. The van der Waals surface area contributed by atoms with Gasteiger partial charge in [-0.15, -0.1) is 0 Å². The summed E-state index contributed by atoms with van der Waals surface area (Å²) >= 11 is 0. The third kappa shape index (κ3) is 4.12. The fourth-order valence-corrected chi connectivity index (χ4v) is 2.04. The van der Waals surface area contributed by atoms with E-state index in [4.69, 9.17) is 0 Å². The Morgan fingerprint density at radius 1 is 1.10 bits per heavy atom. The number of benzene rings is 2. The minimum absolute atomic E-state index is 0.0429. The first-order valence-corrected chi connectivity index (χ1v) is 6.74. The Hall–Kier alpha value is -2.29. The molecular formula is C17H19NO2. The van der Waals surface area contributed by atoms with Gasteiger partial charge in [-0.25, -0.2) is 0 Å². The van der Waals surface area contributed by atoms with Gasteiger partial charge in [-0.3, -0.25) is 4.79 Å². The molecule has 0 aliphatic carbocycles. The van der Waals surface area contributed by atoms with Crippen LogP contribution in [0.15, 0.2) is 48.5 Å². The van der Waals surface area contributed by atoms with Crippen molar-refractivity contribution in [3.63, 3.8) is 0 Å². The summed E-state index contributed by atoms with van der Waals surface area (Å²) < 4.78 is 0. The fraction of sp³-hybridized carbons (Fsp3) is 0.235. The second-order valence-electron chi connectivity index (χ2n) is 4.87. The van der Waals surface area contributed by atoms with Gasteiger partial charge in [0.25, 0.3) is 0 Å². The predicted molar refractivity (Wildman–Crippen MR) is 79.5 cm³/mol. The van der Waals surface area contributed by atoms with E-state index in [1.54, 1.807) is 24.3 Å². The molecule has 2 N–H and O–H groups in total. The lowest BCUT2D eigenvalue weighted by molar-refractivity contribution is -0.121. The third-order valence-electron chi connectivity index (χ3n) is 3.31. The van der Waals surface area contributed by atoms with Gasteiger partial charge in [-0.1, -0.05) is 36.4 Å². The SMILES string of the molecule is Cc1ccccc1CCC(=O)NCc1ccc(O)cc1. The van der Waals surface area contributed by atoms with Crippen molar-refractivity contribution in [3.8, 4) is 5.75 Å². The zero-order valence-electron chi connectivity index (χ0n) is 11.6. The van der Waals surface area contributed by atoms with Crippen LogP contribution in [0.25, 0.3) is 0 Å². The Balaban J connectivity index is 1.78. The van der Waals surface area contributed by atoms with E-state index in [1.807, 2.05) is 12.1 Å². The van der Waals surface area contributed by atoms with E-state index >= 15 is 0 Å². The fourth-order valence-electron chi connectivity index (χ4n) is 2.04. The maximum atomic E-state index is 11.8. The van der Waals surface area contributed by atoms with Gasteiger partial charge in [0.2, 0.25) is 5.91 Å². The third-order valence-corrected chi connectivity index (χ3v) is 3.31. The molecule has 3 nitrogen and oxygen atoms in total. The highest BCUT2D eigenvalue weighted by molar-refractivity contribution is 5.76. The second-order valence-corrected chi connectivity index (χ2v) is 4.87. The van der Waals surface area contributed by atoms with Gasteiger partial charge in [0.15, 0.2) is 0 Å². The van der Waals surface area contributed by atoms with Crippen LogP contribution >= 0.6 is 0 Å². The summed E-state index contributed by atoms with van der Waals surface area (Å²) in [6.45, 7) is 2.55. The highest BCUT2D eigenvalue weighted by Crippen LogP contribution is 2.10. The van der Waals surface area contributed by atoms with Crippen LogP contribution in [0.2, 0.25) is 0 Å². The van der Waals surface area contributed by atoms with Crippen LogP contribution < -0.4 is 5.32 Å². The molecule has 2 rings (SSSR count). The molecular weight excluding hydrogens is 250 g/mol. The molecule has 3 heteroatoms. The molecule has 0 heterocycles. The van der Waals surface area contributed by atoms with E-state index in [-0.39, 0.29) is 11.7 Å². The predicted octanol–water partition coefficient (Wildman–Crippen LogP) is 2.95. The molecule has 0 saturated heterocycles. The maximum absolute atomic E-state index is 11.8. The van der Waals surface area contributed by atoms with Crippen molar-refractivity contribution in [1.82, 2.24) is 5.32 Å². The molecule has 2 aromatic carbocycles. The molecule has 0 aliphatic rings. The van der Waals surface area contributed by atoms with Crippen molar-refractivity contribution < 1.29 is 9.90 Å². The molecule has 0 bridgehead atoms. The molecule has 0 aliphatic heterocycles. The van der Waals surface area contributed by atoms with Crippen LogP contribution in [0.1, 0.15) is 23.1 Å². The Bertz CT molecular complexity index is 576. The quantitative estimate of drug-likeness (QED) is 0.876. The number of aromatic hydroxyl groups is 1. The van der Waals surface area contributed by atoms with Crippen LogP contribution in [-0.4, -0.2) is 11.0 Å². The van der Waals surface area contributed by atoms with E-state index in [0.29, 0.717) is 13.0 Å². The molecule has 0 aromatic heterocycles. The lowest BCUT2D eigenvalue weighted by Gasteiger charge is -2.07. The molecule has 104 valence electrons. The topological polar surface area (TPSA) is 49.3 Å². The number of hydrogen-bond donors (Lipinski definition) is 2. The largest absolute Gasteiger partial charge is 0.508 e. The summed E-state index contributed by atoms with van der Waals surface area (Å²) in [5.74, 6) is 0.279. The highest BCUT2D eigenvalue weighted by Gasteiger charge is 2.04. The molecule has 0 unspecified atom stereocenters. The molecule has 1 amide bonds. The standard InChI is InChI=1S/C17H19NO2/c1-13-4-2-3-5-15(13)8-11-17(20)18-12-14-6-9-16(19)10-7-14/h2-7,9-10,19H,8,11-12H2,1H3,(H,18,20). The van der Waals surface area contributed by atoms with E-state index in [2.05, 4.69) is 24.4 Å². The first-order chi connectivity index (χ1) is 9.65. The van der Waals surface area contributed by atoms with Gasteiger partial charge in [-0.2, -0.15) is 0 Å². The minimum atomic E-state index is 0.0429. The van der Waals surface area contributed by atoms with Crippen molar-refractivity contribution in [2.45, 2.75) is 26.3 Å². The number of hydrogen-bond acceptors (Lipinski definition) is 2. The molecule has 0 atom stereocenters. The zero-order valence-corrected chi connectivity index (χ0v) is 11.6. The lowest BCUT2D eigenvalue weighted by atomic mass is 10.0. The maximum Gasteiger partial charge on any atom is 0.220 e. The van der Waals surface area contributed by atoms with Gasteiger partial charge in [0, 0.05) is 13.0 Å². The molecule has 2 aromatic rings. The summed E-state index contributed by atoms with van der Waals surface area (Å²) in [6.07, 6.45) is 1.25. The zero-order chi connectivity index (χ0) is 14.4. The van der Waals surface area contributed by atoms with Crippen molar-refractivity contribution >= 4 is 5.91 Å². The molecule has 0 saturated carbocycles.